The molecule has 0 aliphatic rings. The SMILES string of the molecule is COC(=O)c1c(C)c(-c2cc(Cl)ncc2C)c(C)n1C. The van der Waals surface area contributed by atoms with Crippen LogP contribution in [0.4, 0.5) is 0 Å². The monoisotopic (exact) mass is 292 g/mol. The van der Waals surface area contributed by atoms with Crippen LogP contribution >= 0.6 is 11.6 Å². The molecule has 0 aliphatic heterocycles. The predicted molar refractivity (Wildman–Crippen MR) is 79.2 cm³/mol. The Morgan fingerprint density at radius 2 is 2.00 bits per heavy atom. The van der Waals surface area contributed by atoms with Gasteiger partial charge in [-0.3, -0.25) is 0 Å². The Balaban J connectivity index is 2.76. The Bertz CT molecular complexity index is 690. The number of hydrogen-bond donors (Lipinski definition) is 0. The van der Waals surface area contributed by atoms with E-state index in [0.29, 0.717) is 10.8 Å². The molecule has 0 saturated heterocycles. The number of carbonyl (C=O) groups is 1. The lowest BCUT2D eigenvalue weighted by Crippen LogP contribution is -2.09. The Morgan fingerprint density at radius 3 is 2.60 bits per heavy atom. The molecule has 0 bridgehead atoms. The summed E-state index contributed by atoms with van der Waals surface area (Å²) in [6.45, 7) is 5.87. The van der Waals surface area contributed by atoms with E-state index in [1.54, 1.807) is 6.20 Å². The normalized spacial score (nSPS) is 10.7. The molecule has 0 saturated carbocycles. The van der Waals surface area contributed by atoms with E-state index in [4.69, 9.17) is 16.3 Å². The van der Waals surface area contributed by atoms with Crippen LogP contribution in [-0.2, 0) is 11.8 Å². The molecular formula is C15H17ClN2O2. The van der Waals surface area contributed by atoms with Crippen LogP contribution in [-0.4, -0.2) is 22.6 Å². The van der Waals surface area contributed by atoms with Crippen molar-refractivity contribution in [2.75, 3.05) is 7.11 Å². The van der Waals surface area contributed by atoms with Gasteiger partial charge in [0.1, 0.15) is 10.8 Å². The van der Waals surface area contributed by atoms with Crippen molar-refractivity contribution in [2.45, 2.75) is 20.8 Å². The van der Waals surface area contributed by atoms with Crippen molar-refractivity contribution in [3.8, 4) is 11.1 Å². The molecule has 0 fully saturated rings. The molecule has 2 rings (SSSR count). The summed E-state index contributed by atoms with van der Waals surface area (Å²) in [5.74, 6) is -0.336. The zero-order valence-electron chi connectivity index (χ0n) is 12.2. The molecule has 0 unspecified atom stereocenters. The zero-order valence-corrected chi connectivity index (χ0v) is 13.0. The average Bonchev–Trinajstić information content (AvgIpc) is 2.63. The van der Waals surface area contributed by atoms with Gasteiger partial charge in [0.2, 0.25) is 0 Å². The number of nitrogens with zero attached hydrogens (tertiary/aromatic N) is 2. The van der Waals surface area contributed by atoms with Crippen molar-refractivity contribution in [3.63, 3.8) is 0 Å². The predicted octanol–water partition coefficient (Wildman–Crippen LogP) is 3.45. The first kappa shape index (κ1) is 14.6. The molecule has 0 atom stereocenters. The highest BCUT2D eigenvalue weighted by Crippen LogP contribution is 2.34. The Kier molecular flexibility index (Phi) is 3.86. The van der Waals surface area contributed by atoms with Crippen LogP contribution in [0, 0.1) is 20.8 Å². The van der Waals surface area contributed by atoms with Crippen LogP contribution in [0.5, 0.6) is 0 Å². The number of rotatable bonds is 2. The number of carbonyl (C=O) groups excluding carboxylic acids is 1. The van der Waals surface area contributed by atoms with E-state index in [9.17, 15) is 4.79 Å². The first-order chi connectivity index (χ1) is 9.38. The summed E-state index contributed by atoms with van der Waals surface area (Å²) < 4.78 is 6.71. The average molecular weight is 293 g/mol. The van der Waals surface area contributed by atoms with E-state index < -0.39 is 0 Å². The fourth-order valence-corrected chi connectivity index (χ4v) is 2.69. The van der Waals surface area contributed by atoms with Gasteiger partial charge in [-0.15, -0.1) is 0 Å². The van der Waals surface area contributed by atoms with Gasteiger partial charge in [0.15, 0.2) is 0 Å². The minimum Gasteiger partial charge on any atom is -0.464 e. The lowest BCUT2D eigenvalue weighted by Gasteiger charge is -2.07. The molecule has 0 spiro atoms. The van der Waals surface area contributed by atoms with E-state index >= 15 is 0 Å². The molecule has 4 nitrogen and oxygen atoms in total. The number of pyridine rings is 1. The Hall–Kier alpha value is -1.81. The van der Waals surface area contributed by atoms with Gasteiger partial charge in [-0.1, -0.05) is 11.6 Å². The molecule has 0 amide bonds. The first-order valence-corrected chi connectivity index (χ1v) is 6.63. The number of halogens is 1. The van der Waals surface area contributed by atoms with E-state index in [-0.39, 0.29) is 5.97 Å². The van der Waals surface area contributed by atoms with Gasteiger partial charge in [-0.2, -0.15) is 0 Å². The van der Waals surface area contributed by atoms with Crippen LogP contribution in [0.25, 0.3) is 11.1 Å². The molecule has 2 heterocycles. The van der Waals surface area contributed by atoms with E-state index in [1.807, 2.05) is 38.5 Å². The van der Waals surface area contributed by atoms with E-state index in [2.05, 4.69) is 4.98 Å². The maximum absolute atomic E-state index is 11.9. The molecule has 0 N–H and O–H groups in total. The number of esters is 1. The van der Waals surface area contributed by atoms with Gasteiger partial charge in [-0.05, 0) is 43.5 Å². The summed E-state index contributed by atoms with van der Waals surface area (Å²) in [6.07, 6.45) is 1.74. The summed E-state index contributed by atoms with van der Waals surface area (Å²) >= 11 is 6.00. The Morgan fingerprint density at radius 1 is 1.35 bits per heavy atom. The maximum atomic E-state index is 11.9. The molecule has 2 aromatic heterocycles. The molecule has 0 radical (unpaired) electrons. The number of aryl methyl sites for hydroxylation is 1. The summed E-state index contributed by atoms with van der Waals surface area (Å²) in [6, 6.07) is 1.83. The van der Waals surface area contributed by atoms with Crippen molar-refractivity contribution >= 4 is 17.6 Å². The molecule has 0 aliphatic carbocycles. The van der Waals surface area contributed by atoms with Crippen molar-refractivity contribution in [3.05, 3.63) is 39.9 Å². The lowest BCUT2D eigenvalue weighted by molar-refractivity contribution is 0.0589. The summed E-state index contributed by atoms with van der Waals surface area (Å²) in [5, 5.41) is 0.438. The van der Waals surface area contributed by atoms with Gasteiger partial charge < -0.3 is 9.30 Å². The fourth-order valence-electron chi connectivity index (χ4n) is 2.53. The Labute approximate surface area is 123 Å². The third-order valence-corrected chi connectivity index (χ3v) is 3.86. The van der Waals surface area contributed by atoms with Crippen molar-refractivity contribution in [2.24, 2.45) is 7.05 Å². The van der Waals surface area contributed by atoms with Crippen LogP contribution in [0.3, 0.4) is 0 Å². The summed E-state index contributed by atoms with van der Waals surface area (Å²) in [5.41, 5.74) is 5.46. The highest BCUT2D eigenvalue weighted by atomic mass is 35.5. The van der Waals surface area contributed by atoms with E-state index in [1.165, 1.54) is 7.11 Å². The van der Waals surface area contributed by atoms with Crippen LogP contribution in [0.1, 0.15) is 27.3 Å². The van der Waals surface area contributed by atoms with Crippen molar-refractivity contribution in [1.29, 1.82) is 0 Å². The number of hydrogen-bond acceptors (Lipinski definition) is 3. The van der Waals surface area contributed by atoms with Gasteiger partial charge in [0.05, 0.1) is 7.11 Å². The summed E-state index contributed by atoms with van der Waals surface area (Å²) in [4.78, 5) is 16.0. The maximum Gasteiger partial charge on any atom is 0.354 e. The second-order valence-electron chi connectivity index (χ2n) is 4.81. The van der Waals surface area contributed by atoms with Crippen LogP contribution < -0.4 is 0 Å². The molecular weight excluding hydrogens is 276 g/mol. The minimum atomic E-state index is -0.336. The highest BCUT2D eigenvalue weighted by Gasteiger charge is 2.23. The molecule has 2 aromatic rings. The second-order valence-corrected chi connectivity index (χ2v) is 5.19. The van der Waals surface area contributed by atoms with Gasteiger partial charge >= 0.3 is 5.97 Å². The third kappa shape index (κ3) is 2.20. The van der Waals surface area contributed by atoms with Crippen LogP contribution in [0.2, 0.25) is 5.15 Å². The number of aromatic nitrogens is 2. The summed E-state index contributed by atoms with van der Waals surface area (Å²) in [7, 11) is 3.24. The van der Waals surface area contributed by atoms with Gasteiger partial charge in [0.25, 0.3) is 0 Å². The fraction of sp³-hybridized carbons (Fsp3) is 0.333. The molecule has 0 aromatic carbocycles. The van der Waals surface area contributed by atoms with Crippen molar-refractivity contribution < 1.29 is 9.53 Å². The topological polar surface area (TPSA) is 44.1 Å². The molecule has 5 heteroatoms. The van der Waals surface area contributed by atoms with Crippen LogP contribution in [0.15, 0.2) is 12.3 Å². The largest absolute Gasteiger partial charge is 0.464 e. The number of methoxy groups -OCH3 is 1. The smallest absolute Gasteiger partial charge is 0.354 e. The number of ether oxygens (including phenoxy) is 1. The zero-order chi connectivity index (χ0) is 15.0. The van der Waals surface area contributed by atoms with Gasteiger partial charge in [0, 0.05) is 24.5 Å². The van der Waals surface area contributed by atoms with Gasteiger partial charge in [-0.25, -0.2) is 9.78 Å². The highest BCUT2D eigenvalue weighted by molar-refractivity contribution is 6.29. The third-order valence-electron chi connectivity index (χ3n) is 3.65. The quantitative estimate of drug-likeness (QED) is 0.629. The second kappa shape index (κ2) is 5.29. The molecule has 106 valence electrons. The first-order valence-electron chi connectivity index (χ1n) is 6.25. The molecule has 20 heavy (non-hydrogen) atoms. The lowest BCUT2D eigenvalue weighted by atomic mass is 9.99. The van der Waals surface area contributed by atoms with Crippen molar-refractivity contribution in [1.82, 2.24) is 9.55 Å². The standard InChI is InChI=1S/C15H17ClN2O2/c1-8-7-17-12(16)6-11(8)13-9(2)14(15(19)20-5)18(4)10(13)3/h6-7H,1-5H3. The minimum absolute atomic E-state index is 0.336. The van der Waals surface area contributed by atoms with E-state index in [0.717, 1.165) is 27.9 Å².